The van der Waals surface area contributed by atoms with Crippen LogP contribution in [-0.2, 0) is 5.54 Å². The van der Waals surface area contributed by atoms with Gasteiger partial charge in [0.15, 0.2) is 17.3 Å². The van der Waals surface area contributed by atoms with Gasteiger partial charge in [-0.05, 0) is 25.3 Å². The highest BCUT2D eigenvalue weighted by molar-refractivity contribution is 9.10. The predicted molar refractivity (Wildman–Crippen MR) is 62.0 cm³/mol. The number of phenolic OH excluding ortho intramolecular Hbond substituents is 1. The summed E-state index contributed by atoms with van der Waals surface area (Å²) in [7, 11) is 1.32. The first-order valence-corrected chi connectivity index (χ1v) is 5.83. The minimum atomic E-state index is -0.635. The molecule has 2 rings (SSSR count). The number of ether oxygens (including phenoxy) is 1. The van der Waals surface area contributed by atoms with E-state index in [9.17, 15) is 9.50 Å². The van der Waals surface area contributed by atoms with Crippen molar-refractivity contribution in [3.05, 3.63) is 21.9 Å². The van der Waals surface area contributed by atoms with E-state index >= 15 is 0 Å². The lowest BCUT2D eigenvalue weighted by atomic mass is 9.72. The monoisotopic (exact) mass is 289 g/mol. The molecule has 0 saturated heterocycles. The van der Waals surface area contributed by atoms with E-state index in [2.05, 4.69) is 15.9 Å². The number of nitrogens with two attached hydrogens (primary N) is 1. The lowest BCUT2D eigenvalue weighted by molar-refractivity contribution is 0.239. The third-order valence-corrected chi connectivity index (χ3v) is 3.73. The smallest absolute Gasteiger partial charge is 0.196 e. The van der Waals surface area contributed by atoms with Crippen molar-refractivity contribution in [1.29, 1.82) is 0 Å². The van der Waals surface area contributed by atoms with Crippen molar-refractivity contribution in [2.45, 2.75) is 24.8 Å². The van der Waals surface area contributed by atoms with E-state index in [1.807, 2.05) is 0 Å². The summed E-state index contributed by atoms with van der Waals surface area (Å²) >= 11 is 3.24. The number of hydrogen-bond donors (Lipinski definition) is 2. The molecule has 1 aromatic carbocycles. The van der Waals surface area contributed by atoms with Crippen molar-refractivity contribution in [1.82, 2.24) is 0 Å². The average Bonchev–Trinajstić information content (AvgIpc) is 2.14. The molecule has 0 spiro atoms. The minimum Gasteiger partial charge on any atom is -0.504 e. The molecule has 0 radical (unpaired) electrons. The van der Waals surface area contributed by atoms with Crippen LogP contribution in [-0.4, -0.2) is 12.2 Å². The first-order chi connectivity index (χ1) is 7.49. The van der Waals surface area contributed by atoms with Gasteiger partial charge in [-0.1, -0.05) is 15.9 Å². The number of benzene rings is 1. The van der Waals surface area contributed by atoms with Crippen LogP contribution in [0.1, 0.15) is 24.8 Å². The maximum atomic E-state index is 14.1. The van der Waals surface area contributed by atoms with Gasteiger partial charge in [-0.2, -0.15) is 0 Å². The molecule has 1 saturated carbocycles. The van der Waals surface area contributed by atoms with Crippen LogP contribution in [0.5, 0.6) is 11.5 Å². The Morgan fingerprint density at radius 2 is 2.19 bits per heavy atom. The molecule has 1 fully saturated rings. The highest BCUT2D eigenvalue weighted by atomic mass is 79.9. The molecular weight excluding hydrogens is 277 g/mol. The van der Waals surface area contributed by atoms with Crippen molar-refractivity contribution in [3.63, 3.8) is 0 Å². The third kappa shape index (κ3) is 1.58. The second-order valence-corrected chi connectivity index (χ2v) is 4.96. The van der Waals surface area contributed by atoms with Crippen molar-refractivity contribution >= 4 is 15.9 Å². The molecule has 0 heterocycles. The van der Waals surface area contributed by atoms with Gasteiger partial charge in [-0.25, -0.2) is 4.39 Å². The SMILES string of the molecule is COc1c(O)cc(Br)c(C2(N)CCC2)c1F. The first-order valence-electron chi connectivity index (χ1n) is 5.04. The van der Waals surface area contributed by atoms with Crippen molar-refractivity contribution in [3.8, 4) is 11.5 Å². The van der Waals surface area contributed by atoms with Crippen LogP contribution >= 0.6 is 15.9 Å². The first kappa shape index (κ1) is 11.7. The molecule has 0 unspecified atom stereocenters. The zero-order valence-corrected chi connectivity index (χ0v) is 10.5. The molecule has 0 aliphatic heterocycles. The molecule has 1 aliphatic carbocycles. The van der Waals surface area contributed by atoms with Crippen LogP contribution in [0.4, 0.5) is 4.39 Å². The van der Waals surface area contributed by atoms with Crippen LogP contribution in [0.15, 0.2) is 10.5 Å². The highest BCUT2D eigenvalue weighted by Crippen LogP contribution is 2.47. The van der Waals surface area contributed by atoms with Crippen LogP contribution < -0.4 is 10.5 Å². The van der Waals surface area contributed by atoms with Gasteiger partial charge >= 0.3 is 0 Å². The molecule has 0 aromatic heterocycles. The Morgan fingerprint density at radius 1 is 1.56 bits per heavy atom. The molecule has 1 aromatic rings. The summed E-state index contributed by atoms with van der Waals surface area (Å²) in [6.45, 7) is 0. The molecular formula is C11H13BrFNO2. The number of methoxy groups -OCH3 is 1. The topological polar surface area (TPSA) is 55.5 Å². The van der Waals surface area contributed by atoms with Crippen molar-refractivity contribution in [2.24, 2.45) is 5.73 Å². The van der Waals surface area contributed by atoms with Gasteiger partial charge in [-0.3, -0.25) is 0 Å². The fraction of sp³-hybridized carbons (Fsp3) is 0.455. The van der Waals surface area contributed by atoms with Gasteiger partial charge in [0.25, 0.3) is 0 Å². The third-order valence-electron chi connectivity index (χ3n) is 3.10. The summed E-state index contributed by atoms with van der Waals surface area (Å²) in [5, 5.41) is 9.52. The summed E-state index contributed by atoms with van der Waals surface area (Å²) < 4.78 is 19.4. The van der Waals surface area contributed by atoms with Gasteiger partial charge in [0, 0.05) is 15.6 Å². The van der Waals surface area contributed by atoms with E-state index in [0.29, 0.717) is 10.0 Å². The van der Waals surface area contributed by atoms with Gasteiger partial charge in [0.2, 0.25) is 0 Å². The largest absolute Gasteiger partial charge is 0.504 e. The van der Waals surface area contributed by atoms with Crippen LogP contribution in [0.3, 0.4) is 0 Å². The second-order valence-electron chi connectivity index (χ2n) is 4.11. The standard InChI is InChI=1S/C11H13BrFNO2/c1-16-10-7(15)5-6(12)8(9(10)13)11(14)3-2-4-11/h5,15H,2-4,14H2,1H3. The Kier molecular flexibility index (Phi) is 2.84. The van der Waals surface area contributed by atoms with E-state index in [1.54, 1.807) is 0 Å². The zero-order chi connectivity index (χ0) is 11.9. The molecule has 16 heavy (non-hydrogen) atoms. The summed E-state index contributed by atoms with van der Waals surface area (Å²) in [4.78, 5) is 0. The van der Waals surface area contributed by atoms with E-state index in [0.717, 1.165) is 19.3 Å². The molecule has 5 heteroatoms. The van der Waals surface area contributed by atoms with E-state index in [1.165, 1.54) is 13.2 Å². The second kappa shape index (κ2) is 3.89. The minimum absolute atomic E-state index is 0.144. The van der Waals surface area contributed by atoms with Crippen LogP contribution in [0.2, 0.25) is 0 Å². The summed E-state index contributed by atoms with van der Waals surface area (Å²) in [6, 6.07) is 1.42. The van der Waals surface area contributed by atoms with E-state index in [4.69, 9.17) is 10.5 Å². The van der Waals surface area contributed by atoms with Gasteiger partial charge in [0.05, 0.1) is 7.11 Å². The number of rotatable bonds is 2. The fourth-order valence-corrected chi connectivity index (χ4v) is 2.83. The van der Waals surface area contributed by atoms with Gasteiger partial charge < -0.3 is 15.6 Å². The van der Waals surface area contributed by atoms with E-state index in [-0.39, 0.29) is 11.5 Å². The Morgan fingerprint density at radius 3 is 2.62 bits per heavy atom. The zero-order valence-electron chi connectivity index (χ0n) is 8.89. The quantitative estimate of drug-likeness (QED) is 0.880. The highest BCUT2D eigenvalue weighted by Gasteiger charge is 2.39. The molecule has 0 amide bonds. The molecule has 3 N–H and O–H groups in total. The maximum absolute atomic E-state index is 14.1. The van der Waals surface area contributed by atoms with Crippen molar-refractivity contribution in [2.75, 3.05) is 7.11 Å². The molecule has 0 bridgehead atoms. The summed E-state index contributed by atoms with van der Waals surface area (Å²) in [6.07, 6.45) is 2.48. The lowest BCUT2D eigenvalue weighted by Gasteiger charge is -2.39. The molecule has 1 aliphatic rings. The lowest BCUT2D eigenvalue weighted by Crippen LogP contribution is -2.44. The Balaban J connectivity index is 2.60. The van der Waals surface area contributed by atoms with Crippen molar-refractivity contribution < 1.29 is 14.2 Å². The number of halogens is 2. The van der Waals surface area contributed by atoms with Crippen LogP contribution in [0, 0.1) is 5.82 Å². The maximum Gasteiger partial charge on any atom is 0.196 e. The number of aromatic hydroxyl groups is 1. The molecule has 88 valence electrons. The number of phenols is 1. The summed E-state index contributed by atoms with van der Waals surface area (Å²) in [5.41, 5.74) is 5.85. The van der Waals surface area contributed by atoms with E-state index < -0.39 is 11.4 Å². The van der Waals surface area contributed by atoms with Gasteiger partial charge in [0.1, 0.15) is 0 Å². The molecule has 3 nitrogen and oxygen atoms in total. The predicted octanol–water partition coefficient (Wildman–Crippen LogP) is 2.64. The summed E-state index contributed by atoms with van der Waals surface area (Å²) in [5.74, 6) is -0.940. The average molecular weight is 290 g/mol. The number of hydrogen-bond acceptors (Lipinski definition) is 3. The normalized spacial score (nSPS) is 18.0. The molecule has 0 atom stereocenters. The Labute approximate surface area is 102 Å². The van der Waals surface area contributed by atoms with Gasteiger partial charge in [-0.15, -0.1) is 0 Å². The Bertz CT molecular complexity index is 432. The fourth-order valence-electron chi connectivity index (χ4n) is 2.05. The Hall–Kier alpha value is -0.810. The van der Waals surface area contributed by atoms with Crippen LogP contribution in [0.25, 0.3) is 0 Å².